The van der Waals surface area contributed by atoms with Crippen LogP contribution in [-0.4, -0.2) is 29.0 Å². The average Bonchev–Trinajstić information content (AvgIpc) is 3.16. The number of hydrogen-bond donors (Lipinski definition) is 1. The quantitative estimate of drug-likeness (QED) is 0.685. The van der Waals surface area contributed by atoms with Gasteiger partial charge in [0.1, 0.15) is 5.69 Å². The molecule has 2 heterocycles. The van der Waals surface area contributed by atoms with Gasteiger partial charge in [-0.15, -0.1) is 0 Å². The highest BCUT2D eigenvalue weighted by atomic mass is 16.1. The zero-order chi connectivity index (χ0) is 18.5. The third-order valence-electron chi connectivity index (χ3n) is 4.77. The maximum Gasteiger partial charge on any atom is 0.270 e. The SMILES string of the molecule is O=C(NCCCc1ccccc1)c1ccnc(N2CCc3ccccc32)n1. The Hall–Kier alpha value is -3.21. The highest BCUT2D eigenvalue weighted by Gasteiger charge is 2.22. The van der Waals surface area contributed by atoms with E-state index in [0.29, 0.717) is 18.2 Å². The Kier molecular flexibility index (Phi) is 5.10. The number of hydrogen-bond acceptors (Lipinski definition) is 4. The largest absolute Gasteiger partial charge is 0.351 e. The number of para-hydroxylation sites is 1. The van der Waals surface area contributed by atoms with E-state index in [1.165, 1.54) is 11.1 Å². The zero-order valence-electron chi connectivity index (χ0n) is 15.1. The van der Waals surface area contributed by atoms with Crippen molar-refractivity contribution < 1.29 is 4.79 Å². The fourth-order valence-corrected chi connectivity index (χ4v) is 3.38. The minimum Gasteiger partial charge on any atom is -0.351 e. The molecule has 0 radical (unpaired) electrons. The molecule has 1 amide bonds. The lowest BCUT2D eigenvalue weighted by Crippen LogP contribution is -2.27. The lowest BCUT2D eigenvalue weighted by molar-refractivity contribution is 0.0948. The number of carbonyl (C=O) groups excluding carboxylic acids is 1. The van der Waals surface area contributed by atoms with Crippen molar-refractivity contribution in [2.24, 2.45) is 0 Å². The summed E-state index contributed by atoms with van der Waals surface area (Å²) in [5, 5.41) is 2.96. The van der Waals surface area contributed by atoms with Crippen molar-refractivity contribution in [2.45, 2.75) is 19.3 Å². The average molecular weight is 358 g/mol. The summed E-state index contributed by atoms with van der Waals surface area (Å²) >= 11 is 0. The summed E-state index contributed by atoms with van der Waals surface area (Å²) in [5.41, 5.74) is 4.10. The second-order valence-electron chi connectivity index (χ2n) is 6.62. The number of nitrogens with one attached hydrogen (secondary N) is 1. The summed E-state index contributed by atoms with van der Waals surface area (Å²) < 4.78 is 0. The minimum atomic E-state index is -0.154. The predicted molar refractivity (Wildman–Crippen MR) is 106 cm³/mol. The summed E-state index contributed by atoms with van der Waals surface area (Å²) in [7, 11) is 0. The molecule has 136 valence electrons. The van der Waals surface area contributed by atoms with Crippen LogP contribution in [0.15, 0.2) is 66.9 Å². The Bertz CT molecular complexity index is 926. The number of aromatic nitrogens is 2. The number of anilines is 2. The lowest BCUT2D eigenvalue weighted by atomic mass is 10.1. The Morgan fingerprint density at radius 3 is 2.74 bits per heavy atom. The van der Waals surface area contributed by atoms with Crippen LogP contribution in [0.5, 0.6) is 0 Å². The van der Waals surface area contributed by atoms with Gasteiger partial charge in [0.25, 0.3) is 5.91 Å². The van der Waals surface area contributed by atoms with Gasteiger partial charge >= 0.3 is 0 Å². The Morgan fingerprint density at radius 1 is 1.04 bits per heavy atom. The number of benzene rings is 2. The molecule has 3 aromatic rings. The molecule has 2 aromatic carbocycles. The molecule has 0 aliphatic carbocycles. The Labute approximate surface area is 159 Å². The molecule has 0 fully saturated rings. The molecule has 0 unspecified atom stereocenters. The van der Waals surface area contributed by atoms with E-state index in [0.717, 1.165) is 31.5 Å². The summed E-state index contributed by atoms with van der Waals surface area (Å²) in [6, 6.07) is 20.2. The molecule has 0 bridgehead atoms. The van der Waals surface area contributed by atoms with Gasteiger partial charge in [0.2, 0.25) is 5.95 Å². The van der Waals surface area contributed by atoms with E-state index in [1.54, 1.807) is 12.3 Å². The minimum absolute atomic E-state index is 0.154. The van der Waals surface area contributed by atoms with E-state index in [1.807, 2.05) is 30.3 Å². The van der Waals surface area contributed by atoms with Crippen molar-refractivity contribution in [2.75, 3.05) is 18.0 Å². The molecule has 0 saturated carbocycles. The lowest BCUT2D eigenvalue weighted by Gasteiger charge is -2.17. The van der Waals surface area contributed by atoms with Gasteiger partial charge in [0, 0.05) is 25.0 Å². The monoisotopic (exact) mass is 358 g/mol. The second-order valence-corrected chi connectivity index (χ2v) is 6.62. The first-order valence-electron chi connectivity index (χ1n) is 9.32. The van der Waals surface area contributed by atoms with Crippen LogP contribution in [0.1, 0.15) is 28.0 Å². The van der Waals surface area contributed by atoms with E-state index in [-0.39, 0.29) is 5.91 Å². The maximum absolute atomic E-state index is 12.4. The van der Waals surface area contributed by atoms with Gasteiger partial charge in [0.05, 0.1) is 0 Å². The zero-order valence-corrected chi connectivity index (χ0v) is 15.1. The van der Waals surface area contributed by atoms with Crippen LogP contribution in [0.2, 0.25) is 0 Å². The third-order valence-corrected chi connectivity index (χ3v) is 4.77. The predicted octanol–water partition coefficient (Wildman–Crippen LogP) is 3.53. The van der Waals surface area contributed by atoms with E-state index in [2.05, 4.69) is 44.5 Å². The van der Waals surface area contributed by atoms with Crippen LogP contribution < -0.4 is 10.2 Å². The molecule has 4 rings (SSSR count). The second kappa shape index (κ2) is 7.99. The number of fused-ring (bicyclic) bond motifs is 1. The number of nitrogens with zero attached hydrogens (tertiary/aromatic N) is 3. The van der Waals surface area contributed by atoms with E-state index >= 15 is 0 Å². The normalized spacial score (nSPS) is 12.7. The molecular weight excluding hydrogens is 336 g/mol. The smallest absolute Gasteiger partial charge is 0.270 e. The highest BCUT2D eigenvalue weighted by molar-refractivity contribution is 5.92. The van der Waals surface area contributed by atoms with Crippen LogP contribution in [0, 0.1) is 0 Å². The van der Waals surface area contributed by atoms with Crippen molar-refractivity contribution in [1.82, 2.24) is 15.3 Å². The topological polar surface area (TPSA) is 58.1 Å². The van der Waals surface area contributed by atoms with Crippen LogP contribution >= 0.6 is 0 Å². The molecule has 0 saturated heterocycles. The molecule has 0 spiro atoms. The Balaban J connectivity index is 1.37. The number of amides is 1. The van der Waals surface area contributed by atoms with Gasteiger partial charge in [-0.2, -0.15) is 0 Å². The standard InChI is InChI=1S/C22H22N4O/c27-21(23-14-6-9-17-7-2-1-3-8-17)19-12-15-24-22(25-19)26-16-13-18-10-4-5-11-20(18)26/h1-5,7-8,10-12,15H,6,9,13-14,16H2,(H,23,27). The van der Waals surface area contributed by atoms with E-state index in [4.69, 9.17) is 0 Å². The van der Waals surface area contributed by atoms with Crippen LogP contribution in [-0.2, 0) is 12.8 Å². The van der Waals surface area contributed by atoms with Crippen molar-refractivity contribution in [3.05, 3.63) is 83.7 Å². The highest BCUT2D eigenvalue weighted by Crippen LogP contribution is 2.31. The summed E-state index contributed by atoms with van der Waals surface area (Å²) in [6.45, 7) is 1.46. The van der Waals surface area contributed by atoms with E-state index in [9.17, 15) is 4.79 Å². The molecule has 1 aromatic heterocycles. The van der Waals surface area contributed by atoms with E-state index < -0.39 is 0 Å². The van der Waals surface area contributed by atoms with Gasteiger partial charge in [-0.05, 0) is 42.5 Å². The first kappa shape index (κ1) is 17.2. The molecule has 1 N–H and O–H groups in total. The maximum atomic E-state index is 12.4. The van der Waals surface area contributed by atoms with Crippen molar-refractivity contribution in [1.29, 1.82) is 0 Å². The van der Waals surface area contributed by atoms with Crippen LogP contribution in [0.4, 0.5) is 11.6 Å². The van der Waals surface area contributed by atoms with Gasteiger partial charge in [-0.1, -0.05) is 48.5 Å². The number of aryl methyl sites for hydroxylation is 1. The number of carbonyl (C=O) groups is 1. The summed E-state index contributed by atoms with van der Waals surface area (Å²) in [4.78, 5) is 23.4. The molecule has 1 aliphatic rings. The van der Waals surface area contributed by atoms with Crippen molar-refractivity contribution in [3.8, 4) is 0 Å². The van der Waals surface area contributed by atoms with Crippen LogP contribution in [0.3, 0.4) is 0 Å². The van der Waals surface area contributed by atoms with Crippen molar-refractivity contribution >= 4 is 17.5 Å². The molecule has 1 aliphatic heterocycles. The molecule has 5 heteroatoms. The first-order chi connectivity index (χ1) is 13.3. The molecule has 5 nitrogen and oxygen atoms in total. The number of rotatable bonds is 6. The van der Waals surface area contributed by atoms with Gasteiger partial charge in [0.15, 0.2) is 0 Å². The third kappa shape index (κ3) is 3.97. The van der Waals surface area contributed by atoms with Crippen LogP contribution in [0.25, 0.3) is 0 Å². The fourth-order valence-electron chi connectivity index (χ4n) is 3.38. The van der Waals surface area contributed by atoms with Gasteiger partial charge < -0.3 is 10.2 Å². The Morgan fingerprint density at radius 2 is 1.85 bits per heavy atom. The van der Waals surface area contributed by atoms with Crippen molar-refractivity contribution in [3.63, 3.8) is 0 Å². The van der Waals surface area contributed by atoms with Gasteiger partial charge in [-0.3, -0.25) is 4.79 Å². The molecule has 27 heavy (non-hydrogen) atoms. The molecular formula is C22H22N4O. The summed E-state index contributed by atoms with van der Waals surface area (Å²) in [5.74, 6) is 0.427. The van der Waals surface area contributed by atoms with Gasteiger partial charge in [-0.25, -0.2) is 9.97 Å². The molecule has 0 atom stereocenters. The first-order valence-corrected chi connectivity index (χ1v) is 9.32. The fraction of sp³-hybridized carbons (Fsp3) is 0.227. The summed E-state index contributed by atoms with van der Waals surface area (Å²) in [6.07, 6.45) is 4.46.